The third-order valence-corrected chi connectivity index (χ3v) is 3.26. The van der Waals surface area contributed by atoms with Gasteiger partial charge in [0.1, 0.15) is 11.9 Å². The fraction of sp³-hybridized carbons (Fsp3) is 0.333. The maximum absolute atomic E-state index is 13.2. The molecule has 0 N–H and O–H groups in total. The van der Waals surface area contributed by atoms with E-state index in [1.165, 1.54) is 6.07 Å². The number of hydrogen-bond donors (Lipinski definition) is 0. The van der Waals surface area contributed by atoms with E-state index in [-0.39, 0.29) is 18.0 Å². The first-order valence-electron chi connectivity index (χ1n) is 3.89. The number of benzene rings is 1. The van der Waals surface area contributed by atoms with Gasteiger partial charge >= 0.3 is 0 Å². The van der Waals surface area contributed by atoms with E-state index in [1.807, 2.05) is 0 Å². The molecule has 3 rings (SSSR count). The Bertz CT molecular complexity index is 364. The fourth-order valence-electron chi connectivity index (χ4n) is 1.88. The zero-order chi connectivity index (χ0) is 8.29. The average Bonchev–Trinajstić information content (AvgIpc) is 2.71. The van der Waals surface area contributed by atoms with Gasteiger partial charge in [0.2, 0.25) is 0 Å². The first-order chi connectivity index (χ1) is 5.77. The van der Waals surface area contributed by atoms with Crippen LogP contribution in [0.1, 0.15) is 17.2 Å². The third kappa shape index (κ3) is 0.756. The van der Waals surface area contributed by atoms with Crippen LogP contribution in [0.3, 0.4) is 0 Å². The van der Waals surface area contributed by atoms with Gasteiger partial charge in [0.15, 0.2) is 0 Å². The highest BCUT2D eigenvalue weighted by Crippen LogP contribution is 2.51. The number of fused-ring (bicyclic) bond motifs is 3. The van der Waals surface area contributed by atoms with Crippen molar-refractivity contribution in [3.63, 3.8) is 0 Å². The summed E-state index contributed by atoms with van der Waals surface area (Å²) >= 11 is 3.41. The Morgan fingerprint density at radius 2 is 2.33 bits per heavy atom. The Labute approximate surface area is 77.7 Å². The number of epoxide rings is 1. The van der Waals surface area contributed by atoms with E-state index in [1.54, 1.807) is 6.07 Å². The second kappa shape index (κ2) is 2.09. The lowest BCUT2D eigenvalue weighted by atomic mass is 10.1. The summed E-state index contributed by atoms with van der Waals surface area (Å²) in [5, 5.41) is 0. The Kier molecular flexibility index (Phi) is 1.23. The molecule has 0 bridgehead atoms. The van der Waals surface area contributed by atoms with Crippen molar-refractivity contribution in [3.05, 3.63) is 33.5 Å². The lowest BCUT2D eigenvalue weighted by Gasteiger charge is -2.05. The standard InChI is InChI=1S/C9H6BrFO/c10-5-1-2-6(11)8-4(5)3-7-9(8)12-7/h1-2,7,9H,3H2. The molecule has 0 aromatic heterocycles. The lowest BCUT2D eigenvalue weighted by molar-refractivity contribution is 0.355. The van der Waals surface area contributed by atoms with Crippen LogP contribution in [0.25, 0.3) is 0 Å². The highest BCUT2D eigenvalue weighted by molar-refractivity contribution is 9.10. The van der Waals surface area contributed by atoms with Crippen LogP contribution in [-0.4, -0.2) is 6.10 Å². The minimum Gasteiger partial charge on any atom is -0.364 e. The Morgan fingerprint density at radius 1 is 1.50 bits per heavy atom. The molecule has 1 aliphatic carbocycles. The fourth-order valence-corrected chi connectivity index (χ4v) is 2.39. The molecule has 2 atom stereocenters. The summed E-state index contributed by atoms with van der Waals surface area (Å²) in [5.41, 5.74) is 1.87. The Morgan fingerprint density at radius 3 is 3.08 bits per heavy atom. The quantitative estimate of drug-likeness (QED) is 0.623. The van der Waals surface area contributed by atoms with Crippen molar-refractivity contribution in [2.24, 2.45) is 0 Å². The van der Waals surface area contributed by atoms with E-state index in [9.17, 15) is 4.39 Å². The molecule has 62 valence electrons. The molecule has 1 aliphatic heterocycles. The molecule has 0 radical (unpaired) electrons. The molecule has 2 aliphatic rings. The normalized spacial score (nSPS) is 29.8. The van der Waals surface area contributed by atoms with Crippen LogP contribution in [0.4, 0.5) is 4.39 Å². The van der Waals surface area contributed by atoms with Gasteiger partial charge in [-0.2, -0.15) is 0 Å². The van der Waals surface area contributed by atoms with Crippen LogP contribution in [0, 0.1) is 5.82 Å². The summed E-state index contributed by atoms with van der Waals surface area (Å²) in [6, 6.07) is 3.26. The maximum Gasteiger partial charge on any atom is 0.129 e. The number of halogens is 2. The molecule has 2 unspecified atom stereocenters. The van der Waals surface area contributed by atoms with Crippen LogP contribution >= 0.6 is 15.9 Å². The van der Waals surface area contributed by atoms with Gasteiger partial charge in [-0.3, -0.25) is 0 Å². The van der Waals surface area contributed by atoms with E-state index in [0.29, 0.717) is 0 Å². The first-order valence-corrected chi connectivity index (χ1v) is 4.69. The van der Waals surface area contributed by atoms with Crippen molar-refractivity contribution < 1.29 is 9.13 Å². The highest BCUT2D eigenvalue weighted by Gasteiger charge is 2.49. The van der Waals surface area contributed by atoms with Crippen LogP contribution in [-0.2, 0) is 11.2 Å². The van der Waals surface area contributed by atoms with Gasteiger partial charge in [-0.25, -0.2) is 4.39 Å². The minimum absolute atomic E-state index is 0.0532. The number of ether oxygens (including phenoxy) is 1. The van der Waals surface area contributed by atoms with Crippen LogP contribution in [0.2, 0.25) is 0 Å². The molecule has 1 saturated heterocycles. The van der Waals surface area contributed by atoms with Crippen molar-refractivity contribution in [2.75, 3.05) is 0 Å². The molecule has 0 spiro atoms. The van der Waals surface area contributed by atoms with Crippen molar-refractivity contribution in [1.29, 1.82) is 0 Å². The first kappa shape index (κ1) is 7.04. The zero-order valence-electron chi connectivity index (χ0n) is 6.18. The van der Waals surface area contributed by atoms with Gasteiger partial charge in [0.25, 0.3) is 0 Å². The average molecular weight is 229 g/mol. The molecule has 1 heterocycles. The van der Waals surface area contributed by atoms with Gasteiger partial charge in [0.05, 0.1) is 6.10 Å². The second-order valence-electron chi connectivity index (χ2n) is 3.22. The molecule has 1 aromatic carbocycles. The molecule has 1 aromatic rings. The van der Waals surface area contributed by atoms with E-state index < -0.39 is 0 Å². The summed E-state index contributed by atoms with van der Waals surface area (Å²) in [6.07, 6.45) is 1.17. The summed E-state index contributed by atoms with van der Waals surface area (Å²) in [6.45, 7) is 0. The highest BCUT2D eigenvalue weighted by atomic mass is 79.9. The predicted octanol–water partition coefficient (Wildman–Crippen LogP) is 2.58. The van der Waals surface area contributed by atoms with E-state index in [2.05, 4.69) is 15.9 Å². The Hall–Kier alpha value is -0.410. The van der Waals surface area contributed by atoms with Gasteiger partial charge in [-0.05, 0) is 17.7 Å². The molecular weight excluding hydrogens is 223 g/mol. The van der Waals surface area contributed by atoms with E-state index in [4.69, 9.17) is 4.74 Å². The predicted molar refractivity (Wildman–Crippen MR) is 45.4 cm³/mol. The molecule has 12 heavy (non-hydrogen) atoms. The molecule has 1 nitrogen and oxygen atoms in total. The van der Waals surface area contributed by atoms with Gasteiger partial charge in [-0.1, -0.05) is 15.9 Å². The van der Waals surface area contributed by atoms with Crippen LogP contribution < -0.4 is 0 Å². The molecule has 1 fully saturated rings. The summed E-state index contributed by atoms with van der Waals surface area (Å²) in [5.74, 6) is -0.127. The van der Waals surface area contributed by atoms with Crippen molar-refractivity contribution >= 4 is 15.9 Å². The van der Waals surface area contributed by atoms with Crippen LogP contribution in [0.5, 0.6) is 0 Å². The van der Waals surface area contributed by atoms with E-state index in [0.717, 1.165) is 22.0 Å². The summed E-state index contributed by atoms with van der Waals surface area (Å²) in [4.78, 5) is 0. The van der Waals surface area contributed by atoms with Crippen molar-refractivity contribution in [2.45, 2.75) is 18.6 Å². The minimum atomic E-state index is -0.127. The number of rotatable bonds is 0. The monoisotopic (exact) mass is 228 g/mol. The van der Waals surface area contributed by atoms with Gasteiger partial charge < -0.3 is 4.74 Å². The van der Waals surface area contributed by atoms with Crippen molar-refractivity contribution in [3.8, 4) is 0 Å². The SMILES string of the molecule is Fc1ccc(Br)c2c1C1OC1C2. The summed E-state index contributed by atoms with van der Waals surface area (Å²) in [7, 11) is 0. The molecule has 3 heteroatoms. The largest absolute Gasteiger partial charge is 0.364 e. The molecule has 0 amide bonds. The smallest absolute Gasteiger partial charge is 0.129 e. The molecule has 0 saturated carbocycles. The van der Waals surface area contributed by atoms with Gasteiger partial charge in [-0.15, -0.1) is 0 Å². The topological polar surface area (TPSA) is 12.5 Å². The summed E-state index contributed by atoms with van der Waals surface area (Å²) < 4.78 is 19.5. The van der Waals surface area contributed by atoms with E-state index >= 15 is 0 Å². The van der Waals surface area contributed by atoms with Gasteiger partial charge in [0, 0.05) is 16.5 Å². The molecular formula is C9H6BrFO. The maximum atomic E-state index is 13.2. The lowest BCUT2D eigenvalue weighted by Crippen LogP contribution is -1.93. The van der Waals surface area contributed by atoms with Crippen molar-refractivity contribution in [1.82, 2.24) is 0 Å². The van der Waals surface area contributed by atoms with Crippen LogP contribution in [0.15, 0.2) is 16.6 Å². The third-order valence-electron chi connectivity index (χ3n) is 2.52. The zero-order valence-corrected chi connectivity index (χ0v) is 7.77. The second-order valence-corrected chi connectivity index (χ2v) is 4.08. The Balaban J connectivity index is 2.28. The number of hydrogen-bond acceptors (Lipinski definition) is 1.